The number of aromatic nitrogens is 3. The number of esters is 2. The Morgan fingerprint density at radius 1 is 1.16 bits per heavy atom. The van der Waals surface area contributed by atoms with Crippen molar-refractivity contribution in [3.63, 3.8) is 0 Å². The highest BCUT2D eigenvalue weighted by molar-refractivity contribution is 8.00. The minimum atomic E-state index is -0.394. The van der Waals surface area contributed by atoms with E-state index in [0.717, 1.165) is 0 Å². The second-order valence-electron chi connectivity index (χ2n) is 6.30. The molecular weight excluding hydrogens is 418 g/mol. The van der Waals surface area contributed by atoms with Gasteiger partial charge in [-0.15, -0.1) is 0 Å². The number of H-pyrrole nitrogens is 1. The summed E-state index contributed by atoms with van der Waals surface area (Å²) in [6, 6.07) is 8.92. The lowest BCUT2D eigenvalue weighted by Crippen LogP contribution is -2.06. The van der Waals surface area contributed by atoms with Crippen molar-refractivity contribution < 1.29 is 19.1 Å². The van der Waals surface area contributed by atoms with Crippen LogP contribution in [0.1, 0.15) is 35.6 Å². The van der Waals surface area contributed by atoms with Gasteiger partial charge in [-0.05, 0) is 45.0 Å². The number of rotatable bonds is 8. The average molecular weight is 439 g/mol. The van der Waals surface area contributed by atoms with E-state index in [2.05, 4.69) is 26.3 Å². The molecule has 0 bridgehead atoms. The van der Waals surface area contributed by atoms with Crippen LogP contribution in [0.25, 0.3) is 11.0 Å². The van der Waals surface area contributed by atoms with Gasteiger partial charge >= 0.3 is 11.9 Å². The maximum absolute atomic E-state index is 11.8. The fraction of sp³-hybridized carbons (Fsp3) is 0.286. The van der Waals surface area contributed by atoms with Gasteiger partial charge < -0.3 is 19.8 Å². The number of hydrogen-bond acceptors (Lipinski definition) is 9. The van der Waals surface area contributed by atoms with Gasteiger partial charge in [0.2, 0.25) is 0 Å². The Balaban J connectivity index is 1.92. The van der Waals surface area contributed by atoms with Gasteiger partial charge in [0.15, 0.2) is 0 Å². The van der Waals surface area contributed by atoms with Crippen LogP contribution in [-0.2, 0) is 14.3 Å². The molecule has 0 saturated heterocycles. The Morgan fingerprint density at radius 2 is 1.87 bits per heavy atom. The van der Waals surface area contributed by atoms with Crippen molar-refractivity contribution in [2.24, 2.45) is 0 Å². The summed E-state index contributed by atoms with van der Waals surface area (Å²) >= 11 is 1.18. The number of aryl methyl sites for hydroxylation is 1. The molecule has 0 fully saturated rings. The molecule has 0 saturated carbocycles. The number of hydrogen-bond donors (Lipinski definition) is 2. The summed E-state index contributed by atoms with van der Waals surface area (Å²) in [7, 11) is 0. The van der Waals surface area contributed by atoms with Crippen molar-refractivity contribution in [2.45, 2.75) is 25.8 Å². The molecule has 0 amide bonds. The quantitative estimate of drug-likeness (QED) is 0.398. The summed E-state index contributed by atoms with van der Waals surface area (Å²) in [4.78, 5) is 35.5. The second kappa shape index (κ2) is 9.95. The van der Waals surface area contributed by atoms with Crippen molar-refractivity contribution >= 4 is 46.2 Å². The van der Waals surface area contributed by atoms with E-state index >= 15 is 0 Å². The number of nitrogens with one attached hydrogen (secondary N) is 2. The Morgan fingerprint density at radius 3 is 2.52 bits per heavy atom. The fourth-order valence-corrected chi connectivity index (χ4v) is 3.67. The van der Waals surface area contributed by atoms with E-state index in [1.54, 1.807) is 45.0 Å². The van der Waals surface area contributed by atoms with E-state index in [-0.39, 0.29) is 11.7 Å². The van der Waals surface area contributed by atoms with Crippen molar-refractivity contribution in [1.82, 2.24) is 15.0 Å². The third kappa shape index (κ3) is 5.13. The molecule has 0 aliphatic heterocycles. The zero-order valence-corrected chi connectivity index (χ0v) is 18.1. The highest BCUT2D eigenvalue weighted by atomic mass is 32.2. The average Bonchev–Trinajstić information content (AvgIpc) is 3.10. The van der Waals surface area contributed by atoms with Gasteiger partial charge in [0, 0.05) is 5.69 Å². The Kier molecular flexibility index (Phi) is 7.10. The molecule has 0 spiro atoms. The van der Waals surface area contributed by atoms with Gasteiger partial charge in [-0.2, -0.15) is 5.26 Å². The summed E-state index contributed by atoms with van der Waals surface area (Å²) in [5, 5.41) is 14.0. The van der Waals surface area contributed by atoms with Crippen LogP contribution in [0.5, 0.6) is 0 Å². The number of nitrogens with zero attached hydrogens (tertiary/aromatic N) is 3. The van der Waals surface area contributed by atoms with E-state index in [0.29, 0.717) is 57.7 Å². The predicted molar refractivity (Wildman–Crippen MR) is 116 cm³/mol. The van der Waals surface area contributed by atoms with Gasteiger partial charge in [-0.3, -0.25) is 4.79 Å². The molecule has 0 atom stereocenters. The highest BCUT2D eigenvalue weighted by Crippen LogP contribution is 2.33. The van der Waals surface area contributed by atoms with Crippen LogP contribution >= 0.6 is 11.8 Å². The molecule has 0 unspecified atom stereocenters. The minimum absolute atomic E-state index is 0.0693. The van der Waals surface area contributed by atoms with Crippen molar-refractivity contribution in [1.29, 1.82) is 5.26 Å². The molecule has 0 aliphatic carbocycles. The molecule has 2 heterocycles. The number of carbonyl (C=O) groups excluding carboxylic acids is 2. The van der Waals surface area contributed by atoms with Crippen LogP contribution in [0.4, 0.5) is 11.5 Å². The van der Waals surface area contributed by atoms with Gasteiger partial charge in [0.05, 0.1) is 40.5 Å². The zero-order chi connectivity index (χ0) is 22.4. The molecule has 31 heavy (non-hydrogen) atoms. The highest BCUT2D eigenvalue weighted by Gasteiger charge is 2.19. The number of benzene rings is 1. The number of anilines is 2. The molecule has 10 heteroatoms. The van der Waals surface area contributed by atoms with Crippen molar-refractivity contribution in [3.8, 4) is 6.07 Å². The van der Waals surface area contributed by atoms with Crippen LogP contribution in [0.2, 0.25) is 0 Å². The molecule has 2 aromatic heterocycles. The second-order valence-corrected chi connectivity index (χ2v) is 7.29. The first-order chi connectivity index (χ1) is 15.0. The predicted octanol–water partition coefficient (Wildman–Crippen LogP) is 3.71. The summed E-state index contributed by atoms with van der Waals surface area (Å²) in [5.41, 5.74) is 1.95. The number of carbonyl (C=O) groups is 2. The van der Waals surface area contributed by atoms with Crippen LogP contribution in [0.3, 0.4) is 0 Å². The lowest BCUT2D eigenvalue weighted by atomic mass is 10.2. The normalized spacial score (nSPS) is 10.5. The van der Waals surface area contributed by atoms with Crippen LogP contribution in [0.15, 0.2) is 29.3 Å². The Bertz CT molecular complexity index is 1150. The smallest absolute Gasteiger partial charge is 0.338 e. The zero-order valence-electron chi connectivity index (χ0n) is 17.3. The number of fused-ring (bicyclic) bond motifs is 1. The SMILES string of the molecule is CCOC(=O)CSc1[nH]c2nc(C)nc(Nc3ccc(C(=O)OCC)cc3)c2c1C#N. The monoisotopic (exact) mass is 439 g/mol. The van der Waals surface area contributed by atoms with E-state index in [9.17, 15) is 14.9 Å². The van der Waals surface area contributed by atoms with Crippen LogP contribution < -0.4 is 5.32 Å². The maximum atomic E-state index is 11.8. The summed E-state index contributed by atoms with van der Waals surface area (Å²) < 4.78 is 9.94. The van der Waals surface area contributed by atoms with Gasteiger partial charge in [0.1, 0.15) is 23.4 Å². The fourth-order valence-electron chi connectivity index (χ4n) is 2.86. The molecule has 3 aromatic rings. The topological polar surface area (TPSA) is 130 Å². The summed E-state index contributed by atoms with van der Waals surface area (Å²) in [5.74, 6) is 0.264. The van der Waals surface area contributed by atoms with Gasteiger partial charge in [-0.25, -0.2) is 14.8 Å². The molecule has 3 rings (SSSR count). The van der Waals surface area contributed by atoms with E-state index in [4.69, 9.17) is 9.47 Å². The lowest BCUT2D eigenvalue weighted by Gasteiger charge is -2.09. The van der Waals surface area contributed by atoms with Gasteiger partial charge in [0.25, 0.3) is 0 Å². The molecular formula is C21H21N5O4S. The molecule has 0 aliphatic rings. The molecule has 0 radical (unpaired) electrons. The number of aromatic amines is 1. The first kappa shape index (κ1) is 22.1. The maximum Gasteiger partial charge on any atom is 0.338 e. The number of thioether (sulfide) groups is 1. The van der Waals surface area contributed by atoms with Crippen molar-refractivity contribution in [3.05, 3.63) is 41.2 Å². The third-order valence-corrected chi connectivity index (χ3v) is 5.11. The van der Waals surface area contributed by atoms with Crippen LogP contribution in [0, 0.1) is 18.3 Å². The standard InChI is InChI=1S/C21H21N5O4S/c1-4-29-16(27)11-31-20-15(10-22)17-18(23-12(3)24-19(17)26-20)25-14-8-6-13(7-9-14)21(28)30-5-2/h6-9H,4-5,11H2,1-3H3,(H2,23,24,25,26). The van der Waals surface area contributed by atoms with E-state index in [1.165, 1.54) is 11.8 Å². The first-order valence-electron chi connectivity index (χ1n) is 9.59. The minimum Gasteiger partial charge on any atom is -0.465 e. The first-order valence-corrected chi connectivity index (χ1v) is 10.6. The summed E-state index contributed by atoms with van der Waals surface area (Å²) in [6.45, 7) is 5.83. The Hall–Kier alpha value is -3.58. The molecule has 1 aromatic carbocycles. The third-order valence-electron chi connectivity index (χ3n) is 4.14. The van der Waals surface area contributed by atoms with Gasteiger partial charge in [-0.1, -0.05) is 11.8 Å². The van der Waals surface area contributed by atoms with E-state index in [1.807, 2.05) is 0 Å². The number of nitriles is 1. The van der Waals surface area contributed by atoms with Crippen molar-refractivity contribution in [2.75, 3.05) is 24.3 Å². The largest absolute Gasteiger partial charge is 0.465 e. The number of ether oxygens (including phenoxy) is 2. The van der Waals surface area contributed by atoms with E-state index < -0.39 is 5.97 Å². The lowest BCUT2D eigenvalue weighted by molar-refractivity contribution is -0.139. The molecule has 9 nitrogen and oxygen atoms in total. The van der Waals surface area contributed by atoms with Crippen LogP contribution in [-0.4, -0.2) is 45.9 Å². The summed E-state index contributed by atoms with van der Waals surface area (Å²) in [6.07, 6.45) is 0. The Labute approximate surface area is 183 Å². The molecule has 160 valence electrons. The molecule has 2 N–H and O–H groups in total.